The lowest BCUT2D eigenvalue weighted by atomic mass is 9.84. The Morgan fingerprint density at radius 2 is 1.64 bits per heavy atom. The van der Waals surface area contributed by atoms with E-state index in [1.165, 1.54) is 13.8 Å². The minimum atomic E-state index is -4.25. The molecule has 0 fully saturated rings. The first-order chi connectivity index (χ1) is 11.7. The van der Waals surface area contributed by atoms with E-state index in [4.69, 9.17) is 0 Å². The first kappa shape index (κ1) is 17.5. The van der Waals surface area contributed by atoms with E-state index in [2.05, 4.69) is 4.98 Å². The summed E-state index contributed by atoms with van der Waals surface area (Å²) in [5.74, 6) is 0. The number of nitrogens with zero attached hydrogens (tertiary/aromatic N) is 1. The zero-order valence-corrected chi connectivity index (χ0v) is 14.5. The lowest BCUT2D eigenvalue weighted by Crippen LogP contribution is -2.34. The molecule has 0 amide bonds. The van der Waals surface area contributed by atoms with Crippen molar-refractivity contribution in [1.82, 2.24) is 4.98 Å². The third kappa shape index (κ3) is 3.53. The highest BCUT2D eigenvalue weighted by Gasteiger charge is 2.47. The minimum Gasteiger partial charge on any atom is -0.248 e. The number of halogens is 3. The second kappa shape index (κ2) is 6.17. The fraction of sp³-hybridized carbons (Fsp3) is 0.286. The molecule has 0 radical (unpaired) electrons. The third-order valence-corrected chi connectivity index (χ3v) is 4.54. The van der Waals surface area contributed by atoms with Gasteiger partial charge in [0.1, 0.15) is 0 Å². The van der Waals surface area contributed by atoms with Gasteiger partial charge in [-0.2, -0.15) is 13.2 Å². The highest BCUT2D eigenvalue weighted by Crippen LogP contribution is 2.41. The number of hydrogen-bond acceptors (Lipinski definition) is 1. The zero-order chi connectivity index (χ0) is 18.2. The minimum absolute atomic E-state index is 0.0701. The van der Waals surface area contributed by atoms with Crippen molar-refractivity contribution in [2.75, 3.05) is 0 Å². The average Bonchev–Trinajstić information content (AvgIpc) is 2.53. The molecule has 0 unspecified atom stereocenters. The fourth-order valence-electron chi connectivity index (χ4n) is 2.91. The number of alkyl halides is 3. The quantitative estimate of drug-likeness (QED) is 0.540. The van der Waals surface area contributed by atoms with Crippen LogP contribution in [0.2, 0.25) is 0 Å². The highest BCUT2D eigenvalue weighted by atomic mass is 19.4. The zero-order valence-electron chi connectivity index (χ0n) is 14.5. The van der Waals surface area contributed by atoms with Crippen molar-refractivity contribution in [2.24, 2.45) is 5.41 Å². The van der Waals surface area contributed by atoms with Gasteiger partial charge in [0.2, 0.25) is 0 Å². The van der Waals surface area contributed by atoms with Crippen LogP contribution in [0.25, 0.3) is 22.2 Å². The topological polar surface area (TPSA) is 12.9 Å². The van der Waals surface area contributed by atoms with Gasteiger partial charge in [-0.25, -0.2) is 4.98 Å². The molecule has 130 valence electrons. The molecule has 0 spiro atoms. The van der Waals surface area contributed by atoms with Crippen molar-refractivity contribution < 1.29 is 13.2 Å². The Kier molecular flexibility index (Phi) is 4.31. The Morgan fingerprint density at radius 1 is 0.920 bits per heavy atom. The summed E-state index contributed by atoms with van der Waals surface area (Å²) in [6.07, 6.45) is -4.32. The summed E-state index contributed by atoms with van der Waals surface area (Å²) in [6.45, 7) is 4.49. The van der Waals surface area contributed by atoms with Gasteiger partial charge < -0.3 is 0 Å². The Morgan fingerprint density at radius 3 is 2.32 bits per heavy atom. The maximum absolute atomic E-state index is 13.2. The van der Waals surface area contributed by atoms with E-state index in [1.807, 2.05) is 49.4 Å². The van der Waals surface area contributed by atoms with Crippen molar-refractivity contribution in [3.63, 3.8) is 0 Å². The van der Waals surface area contributed by atoms with Crippen LogP contribution in [-0.2, 0) is 6.42 Å². The summed E-state index contributed by atoms with van der Waals surface area (Å²) >= 11 is 0. The van der Waals surface area contributed by atoms with Gasteiger partial charge in [-0.3, -0.25) is 0 Å². The van der Waals surface area contributed by atoms with E-state index in [0.29, 0.717) is 5.56 Å². The lowest BCUT2D eigenvalue weighted by Gasteiger charge is -2.28. The largest absolute Gasteiger partial charge is 0.394 e. The molecule has 1 aromatic heterocycles. The smallest absolute Gasteiger partial charge is 0.248 e. The predicted molar refractivity (Wildman–Crippen MR) is 95.5 cm³/mol. The molecule has 3 rings (SSSR count). The Balaban J connectivity index is 2.04. The van der Waals surface area contributed by atoms with E-state index in [-0.39, 0.29) is 6.42 Å². The van der Waals surface area contributed by atoms with Gasteiger partial charge in [-0.1, -0.05) is 55.8 Å². The summed E-state index contributed by atoms with van der Waals surface area (Å²) in [4.78, 5) is 4.66. The van der Waals surface area contributed by atoms with E-state index in [9.17, 15) is 13.2 Å². The number of hydrogen-bond donors (Lipinski definition) is 0. The van der Waals surface area contributed by atoms with Gasteiger partial charge in [0, 0.05) is 10.9 Å². The lowest BCUT2D eigenvalue weighted by molar-refractivity contribution is -0.210. The molecule has 0 aliphatic rings. The Hall–Kier alpha value is -2.36. The van der Waals surface area contributed by atoms with Crippen LogP contribution in [0.3, 0.4) is 0 Å². The van der Waals surface area contributed by atoms with Crippen LogP contribution in [0.15, 0.2) is 54.6 Å². The molecule has 0 saturated heterocycles. The van der Waals surface area contributed by atoms with E-state index in [1.54, 1.807) is 12.1 Å². The number of pyridine rings is 1. The van der Waals surface area contributed by atoms with Crippen LogP contribution in [-0.4, -0.2) is 11.2 Å². The molecular weight excluding hydrogens is 323 g/mol. The normalized spacial score (nSPS) is 12.6. The van der Waals surface area contributed by atoms with Gasteiger partial charge in [0.15, 0.2) is 0 Å². The molecule has 0 aliphatic heterocycles. The van der Waals surface area contributed by atoms with Gasteiger partial charge >= 0.3 is 6.18 Å². The molecule has 0 saturated carbocycles. The fourth-order valence-corrected chi connectivity index (χ4v) is 2.91. The molecule has 0 bridgehead atoms. The third-order valence-electron chi connectivity index (χ3n) is 4.54. The molecule has 2 aromatic carbocycles. The van der Waals surface area contributed by atoms with Crippen molar-refractivity contribution in [3.8, 4) is 11.3 Å². The SMILES string of the molecule is Cc1cccc(-c2ccc3c(CC(C)(C)C(F)(F)F)cccc3n2)c1. The molecule has 3 aromatic rings. The van der Waals surface area contributed by atoms with Crippen molar-refractivity contribution in [2.45, 2.75) is 33.4 Å². The van der Waals surface area contributed by atoms with Gasteiger partial charge in [-0.05, 0) is 37.1 Å². The molecule has 25 heavy (non-hydrogen) atoms. The summed E-state index contributed by atoms with van der Waals surface area (Å²) in [6, 6.07) is 17.1. The number of aromatic nitrogens is 1. The van der Waals surface area contributed by atoms with Gasteiger partial charge in [0.05, 0.1) is 16.6 Å². The highest BCUT2D eigenvalue weighted by molar-refractivity contribution is 5.84. The van der Waals surface area contributed by atoms with Crippen LogP contribution in [0.1, 0.15) is 25.0 Å². The van der Waals surface area contributed by atoms with E-state index < -0.39 is 11.6 Å². The number of fused-ring (bicyclic) bond motifs is 1. The molecule has 4 heteroatoms. The Bertz CT molecular complexity index is 910. The van der Waals surface area contributed by atoms with Crippen molar-refractivity contribution >= 4 is 10.9 Å². The second-order valence-corrected chi connectivity index (χ2v) is 7.11. The first-order valence-electron chi connectivity index (χ1n) is 8.20. The summed E-state index contributed by atoms with van der Waals surface area (Å²) in [7, 11) is 0. The average molecular weight is 343 g/mol. The molecular formula is C21H20F3N. The van der Waals surface area contributed by atoms with Gasteiger partial charge in [-0.15, -0.1) is 0 Å². The maximum Gasteiger partial charge on any atom is 0.394 e. The second-order valence-electron chi connectivity index (χ2n) is 7.11. The van der Waals surface area contributed by atoms with Crippen LogP contribution >= 0.6 is 0 Å². The summed E-state index contributed by atoms with van der Waals surface area (Å²) < 4.78 is 39.7. The van der Waals surface area contributed by atoms with Crippen LogP contribution in [0.4, 0.5) is 13.2 Å². The molecule has 0 N–H and O–H groups in total. The van der Waals surface area contributed by atoms with Crippen LogP contribution < -0.4 is 0 Å². The molecule has 1 nitrogen and oxygen atoms in total. The monoisotopic (exact) mass is 343 g/mol. The van der Waals surface area contributed by atoms with Crippen molar-refractivity contribution in [1.29, 1.82) is 0 Å². The van der Waals surface area contributed by atoms with E-state index in [0.717, 1.165) is 27.7 Å². The summed E-state index contributed by atoms with van der Waals surface area (Å²) in [5, 5.41) is 0.774. The maximum atomic E-state index is 13.2. The molecule has 1 heterocycles. The predicted octanol–water partition coefficient (Wildman–Crippen LogP) is 6.34. The molecule has 0 aliphatic carbocycles. The van der Waals surface area contributed by atoms with E-state index >= 15 is 0 Å². The van der Waals surface area contributed by atoms with Crippen molar-refractivity contribution in [3.05, 3.63) is 65.7 Å². The number of rotatable bonds is 3. The summed E-state index contributed by atoms with van der Waals surface area (Å²) in [5.41, 5.74) is 2.57. The Labute approximate surface area is 145 Å². The van der Waals surface area contributed by atoms with Crippen LogP contribution in [0.5, 0.6) is 0 Å². The standard InChI is InChI=1S/C21H20F3N/c1-14-6-4-7-15(12-14)18-11-10-17-16(8-5-9-19(17)25-18)13-20(2,3)21(22,23)24/h4-12H,13H2,1-3H3. The van der Waals surface area contributed by atoms with Gasteiger partial charge in [0.25, 0.3) is 0 Å². The first-order valence-corrected chi connectivity index (χ1v) is 8.20. The number of benzene rings is 2. The van der Waals surface area contributed by atoms with Crippen LogP contribution in [0, 0.1) is 12.3 Å². The molecule has 0 atom stereocenters. The number of aryl methyl sites for hydroxylation is 1.